The summed E-state index contributed by atoms with van der Waals surface area (Å²) >= 11 is 0. The molecule has 41 heavy (non-hydrogen) atoms. The Bertz CT molecular complexity index is 1620. The number of amides is 2. The molecule has 2 aromatic heterocycles. The summed E-state index contributed by atoms with van der Waals surface area (Å²) in [5, 5.41) is 37.2. The Morgan fingerprint density at radius 3 is 2.85 bits per heavy atom. The second kappa shape index (κ2) is 10.4. The van der Waals surface area contributed by atoms with Crippen LogP contribution in [-0.2, 0) is 34.6 Å². The van der Waals surface area contributed by atoms with Gasteiger partial charge in [-0.05, 0) is 48.9 Å². The maximum absolute atomic E-state index is 15.0. The van der Waals surface area contributed by atoms with E-state index in [0.717, 1.165) is 22.1 Å². The molecule has 5 N–H and O–H groups in total. The van der Waals surface area contributed by atoms with Gasteiger partial charge in [0.25, 0.3) is 5.56 Å². The van der Waals surface area contributed by atoms with Gasteiger partial charge in [0.1, 0.15) is 11.4 Å². The van der Waals surface area contributed by atoms with Crippen LogP contribution in [0, 0.1) is 12.7 Å². The third-order valence-electron chi connectivity index (χ3n) is 8.61. The zero-order valence-corrected chi connectivity index (χ0v) is 22.9. The Labute approximate surface area is 234 Å². The van der Waals surface area contributed by atoms with E-state index in [-0.39, 0.29) is 62.9 Å². The normalized spacial score (nSPS) is 22.3. The maximum atomic E-state index is 15.0. The van der Waals surface area contributed by atoms with Gasteiger partial charge in [-0.15, -0.1) is 0 Å². The van der Waals surface area contributed by atoms with Crippen molar-refractivity contribution in [1.82, 2.24) is 20.2 Å². The molecule has 0 saturated carbocycles. The number of pyridine rings is 2. The Morgan fingerprint density at radius 2 is 2.10 bits per heavy atom. The highest BCUT2D eigenvalue weighted by atomic mass is 19.1. The van der Waals surface area contributed by atoms with E-state index in [1.807, 2.05) is 0 Å². The van der Waals surface area contributed by atoms with E-state index in [1.165, 1.54) is 6.07 Å². The van der Waals surface area contributed by atoms with Crippen LogP contribution in [0.3, 0.4) is 0 Å². The van der Waals surface area contributed by atoms with E-state index >= 15 is 4.39 Å². The summed E-state index contributed by atoms with van der Waals surface area (Å²) in [6.45, 7) is 4.07. The molecule has 1 aliphatic carbocycles. The molecule has 12 heteroatoms. The molecule has 0 radical (unpaired) electrons. The predicted octanol–water partition coefficient (Wildman–Crippen LogP) is 1.61. The molecular weight excluding hydrogens is 535 g/mol. The lowest BCUT2D eigenvalue weighted by Crippen LogP contribution is -2.47. The average molecular weight is 569 g/mol. The number of halogens is 1. The van der Waals surface area contributed by atoms with Gasteiger partial charge < -0.3 is 40.0 Å². The van der Waals surface area contributed by atoms with Crippen molar-refractivity contribution < 1.29 is 34.0 Å². The van der Waals surface area contributed by atoms with Crippen LogP contribution in [-0.4, -0.2) is 63.6 Å². The fourth-order valence-electron chi connectivity index (χ4n) is 6.43. The lowest BCUT2D eigenvalue weighted by Gasteiger charge is -2.37. The Balaban J connectivity index is 1.47. The number of carbonyl (C=O) groups is 1. The zero-order valence-electron chi connectivity index (χ0n) is 22.9. The van der Waals surface area contributed by atoms with Gasteiger partial charge in [-0.3, -0.25) is 4.79 Å². The van der Waals surface area contributed by atoms with Gasteiger partial charge in [0.05, 0.1) is 55.9 Å². The number of urea groups is 1. The number of aliphatic hydroxyl groups is 3. The summed E-state index contributed by atoms with van der Waals surface area (Å²) in [6.07, 6.45) is -0.310. The first-order chi connectivity index (χ1) is 19.7. The number of ether oxygens (including phenoxy) is 2. The third-order valence-corrected chi connectivity index (χ3v) is 8.61. The lowest BCUT2D eigenvalue weighted by molar-refractivity contribution is -0.236. The van der Waals surface area contributed by atoms with E-state index in [0.29, 0.717) is 40.9 Å². The molecule has 3 aliphatic rings. The molecule has 0 bridgehead atoms. The first-order valence-corrected chi connectivity index (χ1v) is 13.9. The van der Waals surface area contributed by atoms with Gasteiger partial charge in [-0.25, -0.2) is 14.2 Å². The molecule has 2 amide bonds. The van der Waals surface area contributed by atoms with Crippen LogP contribution in [0.2, 0.25) is 0 Å². The van der Waals surface area contributed by atoms with Crippen molar-refractivity contribution >= 4 is 16.9 Å². The van der Waals surface area contributed by atoms with Crippen molar-refractivity contribution in [3.8, 4) is 11.4 Å². The minimum atomic E-state index is -1.77. The summed E-state index contributed by atoms with van der Waals surface area (Å²) in [5.41, 5.74) is 2.73. The number of carbonyl (C=O) groups excluding carboxylic acids is 1. The molecule has 4 heterocycles. The van der Waals surface area contributed by atoms with Crippen LogP contribution in [0.4, 0.5) is 9.18 Å². The van der Waals surface area contributed by atoms with Crippen molar-refractivity contribution in [2.24, 2.45) is 0 Å². The molecule has 218 valence electrons. The minimum Gasteiger partial charge on any atom is -0.394 e. The van der Waals surface area contributed by atoms with Gasteiger partial charge >= 0.3 is 6.03 Å². The van der Waals surface area contributed by atoms with Gasteiger partial charge in [-0.1, -0.05) is 6.92 Å². The number of fused-ring (bicyclic) bond motifs is 5. The van der Waals surface area contributed by atoms with Gasteiger partial charge in [0.15, 0.2) is 6.29 Å². The van der Waals surface area contributed by atoms with Crippen molar-refractivity contribution in [1.29, 1.82) is 0 Å². The molecule has 2 aliphatic heterocycles. The summed E-state index contributed by atoms with van der Waals surface area (Å²) in [6, 6.07) is 2.24. The summed E-state index contributed by atoms with van der Waals surface area (Å²) in [4.78, 5) is 31.4. The van der Waals surface area contributed by atoms with E-state index in [1.54, 1.807) is 24.5 Å². The van der Waals surface area contributed by atoms with Crippen LogP contribution in [0.5, 0.6) is 0 Å². The fourth-order valence-corrected chi connectivity index (χ4v) is 6.43. The fraction of sp³-hybridized carbons (Fsp3) is 0.483. The van der Waals surface area contributed by atoms with Gasteiger partial charge in [-0.2, -0.15) is 0 Å². The van der Waals surface area contributed by atoms with E-state index in [2.05, 4.69) is 10.6 Å². The second-order valence-corrected chi connectivity index (χ2v) is 10.8. The Morgan fingerprint density at radius 1 is 1.29 bits per heavy atom. The van der Waals surface area contributed by atoms with Gasteiger partial charge in [0, 0.05) is 34.7 Å². The quantitative estimate of drug-likeness (QED) is 0.211. The first-order valence-electron chi connectivity index (χ1n) is 13.9. The summed E-state index contributed by atoms with van der Waals surface area (Å²) < 4.78 is 27.2. The predicted molar refractivity (Wildman–Crippen MR) is 146 cm³/mol. The monoisotopic (exact) mass is 568 g/mol. The maximum Gasteiger partial charge on any atom is 0.315 e. The minimum absolute atomic E-state index is 0.101. The number of nitrogens with one attached hydrogen (secondary N) is 2. The Kier molecular flexibility index (Phi) is 7.07. The lowest BCUT2D eigenvalue weighted by atomic mass is 9.81. The molecule has 6 rings (SSSR count). The summed E-state index contributed by atoms with van der Waals surface area (Å²) in [7, 11) is 0. The number of benzene rings is 1. The molecule has 1 unspecified atom stereocenters. The molecule has 1 aromatic carbocycles. The first kappa shape index (κ1) is 27.7. The molecule has 11 nitrogen and oxygen atoms in total. The van der Waals surface area contributed by atoms with Crippen molar-refractivity contribution in [2.45, 2.75) is 64.2 Å². The zero-order chi connectivity index (χ0) is 29.1. The highest BCUT2D eigenvalue weighted by molar-refractivity contribution is 5.93. The van der Waals surface area contributed by atoms with Crippen LogP contribution in [0.25, 0.3) is 22.3 Å². The summed E-state index contributed by atoms with van der Waals surface area (Å²) in [5.74, 6) is -0.376. The van der Waals surface area contributed by atoms with Crippen LogP contribution in [0.15, 0.2) is 16.9 Å². The highest BCUT2D eigenvalue weighted by Crippen LogP contribution is 2.46. The van der Waals surface area contributed by atoms with Gasteiger partial charge in [0.2, 0.25) is 0 Å². The largest absolute Gasteiger partial charge is 0.394 e. The number of aryl methyl sites for hydroxylation is 1. The molecule has 3 aromatic rings. The second-order valence-electron chi connectivity index (χ2n) is 10.8. The van der Waals surface area contributed by atoms with E-state index in [4.69, 9.17) is 19.6 Å². The molecular formula is C29H33FN4O7. The van der Waals surface area contributed by atoms with E-state index < -0.39 is 24.0 Å². The van der Waals surface area contributed by atoms with Crippen molar-refractivity contribution in [3.63, 3.8) is 0 Å². The smallest absolute Gasteiger partial charge is 0.315 e. The standard InChI is InChI=1S/C29H33FN4O7/c1-3-29(39)18-10-22-25-16(12-34(22)26(36)17(18)13-41-27(29)37)24-20(33-28(38)31-6-8-40-9-7-35)5-4-15-14(2)19(30)11-21(32-25)23(15)24/h10-11,20,27,35,37,39H,3-9,12-13H2,1-2H3,(H2,31,33,38)/t20-,27?,29-/m0/s1. The molecule has 0 spiro atoms. The van der Waals surface area contributed by atoms with Crippen LogP contribution < -0.4 is 16.2 Å². The number of hydrogen-bond donors (Lipinski definition) is 5. The third kappa shape index (κ3) is 4.32. The van der Waals surface area contributed by atoms with Crippen LogP contribution >= 0.6 is 0 Å². The topological polar surface area (TPSA) is 155 Å². The van der Waals surface area contributed by atoms with Crippen molar-refractivity contribution in [2.75, 3.05) is 26.4 Å². The number of aromatic nitrogens is 2. The SMILES string of the molecule is CC[C@]1(O)c2cc3n(c(=O)c2COC1O)Cc1c-3nc2cc(F)c(C)c3c2c1[C@@H](NC(=O)NCCOCCO)CC3. The number of nitrogens with zero attached hydrogens (tertiary/aromatic N) is 2. The van der Waals surface area contributed by atoms with Crippen molar-refractivity contribution in [3.05, 3.63) is 61.7 Å². The number of aliphatic hydroxyl groups excluding tert-OH is 2. The average Bonchev–Trinajstić information content (AvgIpc) is 3.33. The Hall–Kier alpha value is -3.42. The van der Waals surface area contributed by atoms with Crippen LogP contribution in [0.1, 0.15) is 59.2 Å². The molecule has 0 fully saturated rings. The molecule has 3 atom stereocenters. The highest BCUT2D eigenvalue weighted by Gasteiger charge is 2.45. The van der Waals surface area contributed by atoms with E-state index in [9.17, 15) is 19.8 Å². The molecule has 0 saturated heterocycles. The number of rotatable bonds is 7. The number of hydrogen-bond acceptors (Lipinski definition) is 8.